The van der Waals surface area contributed by atoms with Gasteiger partial charge in [0, 0.05) is 42.6 Å². The first-order valence-electron chi connectivity index (χ1n) is 8.17. The van der Waals surface area contributed by atoms with E-state index in [0.29, 0.717) is 0 Å². The first-order chi connectivity index (χ1) is 10.2. The van der Waals surface area contributed by atoms with Gasteiger partial charge in [-0.15, -0.1) is 0 Å². The fourth-order valence-corrected chi connectivity index (χ4v) is 3.77. The van der Waals surface area contributed by atoms with Gasteiger partial charge in [-0.2, -0.15) is 11.8 Å². The Labute approximate surface area is 133 Å². The van der Waals surface area contributed by atoms with Gasteiger partial charge in [0.15, 0.2) is 0 Å². The van der Waals surface area contributed by atoms with E-state index in [1.165, 1.54) is 17.7 Å². The Kier molecular flexibility index (Phi) is 6.15. The highest BCUT2D eigenvalue weighted by molar-refractivity contribution is 8.00. The van der Waals surface area contributed by atoms with Crippen molar-refractivity contribution < 1.29 is 0 Å². The highest BCUT2D eigenvalue weighted by atomic mass is 32.2. The number of hydrogen-bond acceptors (Lipinski definition) is 5. The lowest BCUT2D eigenvalue weighted by molar-refractivity contribution is 0.712. The minimum atomic E-state index is 0.727. The third-order valence-corrected chi connectivity index (χ3v) is 5.29. The van der Waals surface area contributed by atoms with Gasteiger partial charge in [-0.25, -0.2) is 9.97 Å². The van der Waals surface area contributed by atoms with E-state index < -0.39 is 0 Å². The Morgan fingerprint density at radius 2 is 2.10 bits per heavy atom. The zero-order valence-electron chi connectivity index (χ0n) is 13.8. The van der Waals surface area contributed by atoms with Crippen LogP contribution < -0.4 is 10.2 Å². The third kappa shape index (κ3) is 4.02. The van der Waals surface area contributed by atoms with Gasteiger partial charge in [-0.3, -0.25) is 0 Å². The summed E-state index contributed by atoms with van der Waals surface area (Å²) in [5.41, 5.74) is 1.20. The monoisotopic (exact) mass is 308 g/mol. The maximum atomic E-state index is 4.82. The van der Waals surface area contributed by atoms with Crippen molar-refractivity contribution in [3.8, 4) is 0 Å². The van der Waals surface area contributed by atoms with Crippen molar-refractivity contribution in [2.45, 2.75) is 52.2 Å². The van der Waals surface area contributed by atoms with E-state index in [2.05, 4.69) is 54.7 Å². The molecule has 2 rings (SSSR count). The lowest BCUT2D eigenvalue weighted by atomic mass is 10.2. The van der Waals surface area contributed by atoms with Crippen molar-refractivity contribution in [3.63, 3.8) is 0 Å². The highest BCUT2D eigenvalue weighted by Crippen LogP contribution is 2.29. The normalized spacial score (nSPS) is 18.9. The molecule has 0 saturated carbocycles. The summed E-state index contributed by atoms with van der Waals surface area (Å²) >= 11 is 2.09. The first kappa shape index (κ1) is 16.4. The largest absolute Gasteiger partial charge is 0.370 e. The average molecular weight is 308 g/mol. The van der Waals surface area contributed by atoms with Crippen LogP contribution in [0.1, 0.15) is 45.0 Å². The molecule has 5 heteroatoms. The second kappa shape index (κ2) is 7.87. The molecule has 1 unspecified atom stereocenters. The van der Waals surface area contributed by atoms with Crippen LogP contribution in [0, 0.1) is 6.92 Å². The number of anilines is 2. The molecule has 21 heavy (non-hydrogen) atoms. The zero-order valence-corrected chi connectivity index (χ0v) is 14.6. The molecule has 0 aliphatic carbocycles. The quantitative estimate of drug-likeness (QED) is 0.871. The summed E-state index contributed by atoms with van der Waals surface area (Å²) < 4.78 is 0. The topological polar surface area (TPSA) is 41.1 Å². The van der Waals surface area contributed by atoms with Gasteiger partial charge in [0.2, 0.25) is 0 Å². The Bertz CT molecular complexity index is 464. The summed E-state index contributed by atoms with van der Waals surface area (Å²) in [5.74, 6) is 4.30. The van der Waals surface area contributed by atoms with Crippen molar-refractivity contribution in [3.05, 3.63) is 11.4 Å². The van der Waals surface area contributed by atoms with Crippen LogP contribution in [0.5, 0.6) is 0 Å². The van der Waals surface area contributed by atoms with Crippen LogP contribution in [0.15, 0.2) is 0 Å². The van der Waals surface area contributed by atoms with Crippen molar-refractivity contribution in [1.82, 2.24) is 9.97 Å². The van der Waals surface area contributed by atoms with Crippen LogP contribution in [-0.2, 0) is 6.42 Å². The number of hydrogen-bond donors (Lipinski definition) is 1. The maximum absolute atomic E-state index is 4.82. The molecule has 0 spiro atoms. The molecule has 4 nitrogen and oxygen atoms in total. The summed E-state index contributed by atoms with van der Waals surface area (Å²) in [7, 11) is 0. The summed E-state index contributed by atoms with van der Waals surface area (Å²) in [4.78, 5) is 11.9. The molecule has 1 saturated heterocycles. The van der Waals surface area contributed by atoms with Gasteiger partial charge in [-0.05, 0) is 19.8 Å². The van der Waals surface area contributed by atoms with E-state index in [1.807, 2.05) is 0 Å². The predicted octanol–water partition coefficient (Wildman–Crippen LogP) is 3.50. The highest BCUT2D eigenvalue weighted by Gasteiger charge is 2.23. The van der Waals surface area contributed by atoms with Crippen molar-refractivity contribution in [2.75, 3.05) is 35.6 Å². The first-order valence-corrected chi connectivity index (χ1v) is 9.22. The summed E-state index contributed by atoms with van der Waals surface area (Å²) in [6.45, 7) is 11.9. The van der Waals surface area contributed by atoms with Crippen LogP contribution in [0.3, 0.4) is 0 Å². The molecule has 0 bridgehead atoms. The Morgan fingerprint density at radius 1 is 1.29 bits per heavy atom. The van der Waals surface area contributed by atoms with Gasteiger partial charge in [-0.1, -0.05) is 20.8 Å². The Balaban J connectivity index is 2.28. The number of nitrogens with one attached hydrogen (secondary N) is 1. The van der Waals surface area contributed by atoms with Crippen molar-refractivity contribution >= 4 is 23.4 Å². The van der Waals surface area contributed by atoms with Crippen LogP contribution in [0.2, 0.25) is 0 Å². The van der Waals surface area contributed by atoms with E-state index in [1.54, 1.807) is 0 Å². The number of aromatic nitrogens is 2. The fraction of sp³-hybridized carbons (Fsp3) is 0.750. The van der Waals surface area contributed by atoms with Crippen molar-refractivity contribution in [2.24, 2.45) is 0 Å². The maximum Gasteiger partial charge on any atom is 0.137 e. The second-order valence-electron chi connectivity index (χ2n) is 5.56. The van der Waals surface area contributed by atoms with Crippen LogP contribution in [0.25, 0.3) is 0 Å². The third-order valence-electron chi connectivity index (χ3n) is 3.92. The average Bonchev–Trinajstić information content (AvgIpc) is 2.54. The lowest BCUT2D eigenvalue weighted by Gasteiger charge is -2.34. The van der Waals surface area contributed by atoms with Crippen LogP contribution in [0.4, 0.5) is 11.6 Å². The molecule has 1 aliphatic rings. The molecule has 1 aromatic rings. The fourth-order valence-electron chi connectivity index (χ4n) is 2.59. The standard InChI is InChI=1S/C16H28N4S/c1-5-8-17-15-12(4)16(19-14(7-3)18-15)20-9-10-21-13(6-2)11-20/h13H,5-11H2,1-4H3,(H,17,18,19). The summed E-state index contributed by atoms with van der Waals surface area (Å²) in [6, 6.07) is 0. The van der Waals surface area contributed by atoms with E-state index in [9.17, 15) is 0 Å². The molecule has 0 radical (unpaired) electrons. The molecule has 2 heterocycles. The molecular weight excluding hydrogens is 280 g/mol. The molecule has 1 aliphatic heterocycles. The molecular formula is C16H28N4S. The molecule has 0 amide bonds. The smallest absolute Gasteiger partial charge is 0.137 e. The van der Waals surface area contributed by atoms with Crippen molar-refractivity contribution in [1.29, 1.82) is 0 Å². The van der Waals surface area contributed by atoms with Gasteiger partial charge in [0.05, 0.1) is 0 Å². The molecule has 1 aromatic heterocycles. The number of aryl methyl sites for hydroxylation is 1. The summed E-state index contributed by atoms with van der Waals surface area (Å²) in [6.07, 6.45) is 3.22. The van der Waals surface area contributed by atoms with E-state index >= 15 is 0 Å². The predicted molar refractivity (Wildman–Crippen MR) is 93.7 cm³/mol. The second-order valence-corrected chi connectivity index (χ2v) is 6.97. The van der Waals surface area contributed by atoms with E-state index in [-0.39, 0.29) is 0 Å². The lowest BCUT2D eigenvalue weighted by Crippen LogP contribution is -2.38. The molecule has 1 atom stereocenters. The zero-order chi connectivity index (χ0) is 15.2. The van der Waals surface area contributed by atoms with Gasteiger partial charge >= 0.3 is 0 Å². The SMILES string of the molecule is CCCNc1nc(CC)nc(N2CCSC(CC)C2)c1C. The van der Waals surface area contributed by atoms with Gasteiger partial charge < -0.3 is 10.2 Å². The Hall–Kier alpha value is -0.970. The number of nitrogens with zero attached hydrogens (tertiary/aromatic N) is 3. The minimum absolute atomic E-state index is 0.727. The van der Waals surface area contributed by atoms with Crippen LogP contribution in [-0.4, -0.2) is 40.6 Å². The minimum Gasteiger partial charge on any atom is -0.370 e. The summed E-state index contributed by atoms with van der Waals surface area (Å²) in [5, 5.41) is 4.19. The Morgan fingerprint density at radius 3 is 2.76 bits per heavy atom. The molecule has 0 aromatic carbocycles. The molecule has 1 N–H and O–H groups in total. The van der Waals surface area contributed by atoms with E-state index in [4.69, 9.17) is 4.98 Å². The number of thioether (sulfide) groups is 1. The molecule has 118 valence electrons. The van der Waals surface area contributed by atoms with Crippen LogP contribution >= 0.6 is 11.8 Å². The van der Waals surface area contributed by atoms with Gasteiger partial charge in [0.25, 0.3) is 0 Å². The molecule has 1 fully saturated rings. The van der Waals surface area contributed by atoms with E-state index in [0.717, 1.165) is 55.2 Å². The van der Waals surface area contributed by atoms with Gasteiger partial charge in [0.1, 0.15) is 17.5 Å². The number of rotatable bonds is 6.